The Labute approximate surface area is 124 Å². The van der Waals surface area contributed by atoms with Gasteiger partial charge in [-0.15, -0.1) is 11.6 Å². The summed E-state index contributed by atoms with van der Waals surface area (Å²) in [5, 5.41) is 0.561. The fourth-order valence-corrected chi connectivity index (χ4v) is 3.40. The summed E-state index contributed by atoms with van der Waals surface area (Å²) in [4.78, 5) is 14.3. The Balaban J connectivity index is 2.18. The zero-order valence-electron chi connectivity index (χ0n) is 11.3. The van der Waals surface area contributed by atoms with Crippen LogP contribution in [0.2, 0.25) is 5.02 Å². The van der Waals surface area contributed by atoms with Crippen molar-refractivity contribution in [2.75, 3.05) is 7.05 Å². The molecule has 1 aromatic rings. The Kier molecular flexibility index (Phi) is 4.75. The van der Waals surface area contributed by atoms with Crippen LogP contribution >= 0.6 is 23.2 Å². The molecule has 0 aromatic heterocycles. The smallest absolute Gasteiger partial charge is 0.255 e. The van der Waals surface area contributed by atoms with Gasteiger partial charge in [0.25, 0.3) is 5.91 Å². The lowest BCUT2D eigenvalue weighted by molar-refractivity contribution is 0.0700. The summed E-state index contributed by atoms with van der Waals surface area (Å²) in [6.07, 6.45) is 4.23. The van der Waals surface area contributed by atoms with E-state index in [1.54, 1.807) is 11.0 Å². The number of halogens is 2. The molecule has 0 N–H and O–H groups in total. The zero-order chi connectivity index (χ0) is 14.0. The van der Waals surface area contributed by atoms with E-state index >= 15 is 0 Å². The summed E-state index contributed by atoms with van der Waals surface area (Å²) in [7, 11) is 1.82. The molecule has 1 aliphatic carbocycles. The minimum atomic E-state index is -0.0393. The fraction of sp³-hybridized carbons (Fsp3) is 0.533. The molecule has 0 radical (unpaired) electrons. The largest absolute Gasteiger partial charge is 0.337 e. The van der Waals surface area contributed by atoms with Gasteiger partial charge in [-0.05, 0) is 37.5 Å². The van der Waals surface area contributed by atoms with Crippen LogP contribution in [0.1, 0.15) is 41.6 Å². The summed E-state index contributed by atoms with van der Waals surface area (Å²) in [5.41, 5.74) is 1.61. The first-order valence-corrected chi connectivity index (χ1v) is 7.49. The van der Waals surface area contributed by atoms with Crippen LogP contribution in [-0.2, 0) is 0 Å². The molecule has 2 unspecified atom stereocenters. The van der Waals surface area contributed by atoms with E-state index in [1.165, 1.54) is 0 Å². The van der Waals surface area contributed by atoms with E-state index < -0.39 is 0 Å². The Morgan fingerprint density at radius 2 is 2.00 bits per heavy atom. The third-order valence-electron chi connectivity index (χ3n) is 3.82. The first kappa shape index (κ1) is 14.7. The highest BCUT2D eigenvalue weighted by Crippen LogP contribution is 2.28. The molecule has 104 valence electrons. The van der Waals surface area contributed by atoms with Gasteiger partial charge in [0.2, 0.25) is 0 Å². The van der Waals surface area contributed by atoms with Crippen molar-refractivity contribution in [3.8, 4) is 0 Å². The van der Waals surface area contributed by atoms with E-state index in [-0.39, 0.29) is 17.3 Å². The van der Waals surface area contributed by atoms with Gasteiger partial charge in [-0.3, -0.25) is 4.79 Å². The summed E-state index contributed by atoms with van der Waals surface area (Å²) >= 11 is 12.5. The number of amides is 1. The van der Waals surface area contributed by atoms with Crippen LogP contribution in [0.3, 0.4) is 0 Å². The number of carbonyl (C=O) groups excluding carboxylic acids is 1. The number of aryl methyl sites for hydroxylation is 1. The predicted molar refractivity (Wildman–Crippen MR) is 80.2 cm³/mol. The lowest BCUT2D eigenvalue weighted by Crippen LogP contribution is -2.44. The maximum atomic E-state index is 12.5. The number of hydrogen-bond donors (Lipinski definition) is 0. The average molecular weight is 300 g/mol. The third kappa shape index (κ3) is 3.24. The molecule has 0 saturated heterocycles. The van der Waals surface area contributed by atoms with Crippen molar-refractivity contribution < 1.29 is 4.79 Å². The molecule has 1 aromatic carbocycles. The highest BCUT2D eigenvalue weighted by Gasteiger charge is 2.30. The van der Waals surface area contributed by atoms with Gasteiger partial charge >= 0.3 is 0 Å². The minimum Gasteiger partial charge on any atom is -0.337 e. The molecule has 0 spiro atoms. The number of carbonyl (C=O) groups is 1. The lowest BCUT2D eigenvalue weighted by Gasteiger charge is -2.35. The Bertz CT molecular complexity index is 475. The maximum Gasteiger partial charge on any atom is 0.255 e. The monoisotopic (exact) mass is 299 g/mol. The van der Waals surface area contributed by atoms with E-state index in [4.69, 9.17) is 23.2 Å². The zero-order valence-corrected chi connectivity index (χ0v) is 12.8. The number of benzene rings is 1. The minimum absolute atomic E-state index is 0.0393. The summed E-state index contributed by atoms with van der Waals surface area (Å²) in [6.45, 7) is 1.96. The Morgan fingerprint density at radius 3 is 2.63 bits per heavy atom. The van der Waals surface area contributed by atoms with E-state index in [0.717, 1.165) is 31.2 Å². The predicted octanol–water partition coefficient (Wildman–Crippen LogP) is 4.27. The van der Waals surface area contributed by atoms with Gasteiger partial charge in [-0.1, -0.05) is 30.5 Å². The van der Waals surface area contributed by atoms with Gasteiger partial charge in [0.15, 0.2) is 0 Å². The van der Waals surface area contributed by atoms with Crippen molar-refractivity contribution >= 4 is 29.1 Å². The van der Waals surface area contributed by atoms with Crippen LogP contribution in [0.5, 0.6) is 0 Å². The second-order valence-corrected chi connectivity index (χ2v) is 6.23. The van der Waals surface area contributed by atoms with Gasteiger partial charge in [-0.25, -0.2) is 0 Å². The van der Waals surface area contributed by atoms with Crippen LogP contribution in [0.4, 0.5) is 0 Å². The number of nitrogens with zero attached hydrogens (tertiary/aromatic N) is 1. The lowest BCUT2D eigenvalue weighted by atomic mass is 9.93. The highest BCUT2D eigenvalue weighted by molar-refractivity contribution is 6.33. The van der Waals surface area contributed by atoms with E-state index in [0.29, 0.717) is 10.6 Å². The van der Waals surface area contributed by atoms with E-state index in [1.807, 2.05) is 26.1 Å². The first-order valence-electron chi connectivity index (χ1n) is 6.68. The summed E-state index contributed by atoms with van der Waals surface area (Å²) < 4.78 is 0. The topological polar surface area (TPSA) is 20.3 Å². The van der Waals surface area contributed by atoms with Crippen molar-refractivity contribution in [3.05, 3.63) is 34.3 Å². The highest BCUT2D eigenvalue weighted by atomic mass is 35.5. The molecule has 2 nitrogen and oxygen atoms in total. The van der Waals surface area contributed by atoms with Crippen LogP contribution in [-0.4, -0.2) is 29.3 Å². The molecule has 0 heterocycles. The summed E-state index contributed by atoms with van der Waals surface area (Å²) in [6, 6.07) is 5.64. The standard InChI is InChI=1S/C15H19Cl2NO/c1-10-7-8-11(13(17)9-10)15(19)18(2)14-6-4-3-5-12(14)16/h7-9,12,14H,3-6H2,1-2H3. The van der Waals surface area contributed by atoms with Crippen molar-refractivity contribution in [3.63, 3.8) is 0 Å². The summed E-state index contributed by atoms with van der Waals surface area (Å²) in [5.74, 6) is -0.0393. The van der Waals surface area contributed by atoms with Gasteiger partial charge in [0.1, 0.15) is 0 Å². The number of hydrogen-bond acceptors (Lipinski definition) is 1. The molecular weight excluding hydrogens is 281 g/mol. The molecule has 0 bridgehead atoms. The normalized spacial score (nSPS) is 23.2. The molecule has 1 fully saturated rings. The van der Waals surface area contributed by atoms with Gasteiger partial charge < -0.3 is 4.90 Å². The van der Waals surface area contributed by atoms with Gasteiger partial charge in [-0.2, -0.15) is 0 Å². The van der Waals surface area contributed by atoms with Crippen molar-refractivity contribution in [2.45, 2.75) is 44.0 Å². The third-order valence-corrected chi connectivity index (χ3v) is 4.64. The second kappa shape index (κ2) is 6.15. The Hall–Kier alpha value is -0.730. The molecule has 0 aliphatic heterocycles. The quantitative estimate of drug-likeness (QED) is 0.747. The van der Waals surface area contributed by atoms with Gasteiger partial charge in [0, 0.05) is 13.1 Å². The molecule has 19 heavy (non-hydrogen) atoms. The first-order chi connectivity index (χ1) is 9.00. The fourth-order valence-electron chi connectivity index (χ4n) is 2.64. The SMILES string of the molecule is Cc1ccc(C(=O)N(C)C2CCCCC2Cl)c(Cl)c1. The molecule has 1 aliphatic rings. The van der Waals surface area contributed by atoms with Gasteiger partial charge in [0.05, 0.1) is 16.0 Å². The van der Waals surface area contributed by atoms with Crippen LogP contribution in [0.25, 0.3) is 0 Å². The maximum absolute atomic E-state index is 12.5. The second-order valence-electron chi connectivity index (χ2n) is 5.27. The molecular formula is C15H19Cl2NO. The van der Waals surface area contributed by atoms with E-state index in [9.17, 15) is 4.79 Å². The van der Waals surface area contributed by atoms with Crippen LogP contribution < -0.4 is 0 Å². The molecule has 2 rings (SSSR count). The Morgan fingerprint density at radius 1 is 1.32 bits per heavy atom. The molecule has 2 atom stereocenters. The number of rotatable bonds is 2. The average Bonchev–Trinajstić information content (AvgIpc) is 2.38. The molecule has 4 heteroatoms. The van der Waals surface area contributed by atoms with Crippen LogP contribution in [0.15, 0.2) is 18.2 Å². The van der Waals surface area contributed by atoms with Crippen molar-refractivity contribution in [1.82, 2.24) is 4.90 Å². The molecule has 1 saturated carbocycles. The van der Waals surface area contributed by atoms with Crippen LogP contribution in [0, 0.1) is 6.92 Å². The van der Waals surface area contributed by atoms with Crippen molar-refractivity contribution in [2.24, 2.45) is 0 Å². The van der Waals surface area contributed by atoms with Crippen molar-refractivity contribution in [1.29, 1.82) is 0 Å². The van der Waals surface area contributed by atoms with E-state index in [2.05, 4.69) is 0 Å². The number of alkyl halides is 1. The molecule has 1 amide bonds.